The van der Waals surface area contributed by atoms with Gasteiger partial charge in [-0.1, -0.05) is 11.2 Å². The number of nitrogens with one attached hydrogen (secondary N) is 1. The van der Waals surface area contributed by atoms with Gasteiger partial charge in [0.05, 0.1) is 22.2 Å². The van der Waals surface area contributed by atoms with Crippen molar-refractivity contribution in [2.45, 2.75) is 31.6 Å². The van der Waals surface area contributed by atoms with Gasteiger partial charge in [0.2, 0.25) is 5.91 Å². The standard InChI is InChI=1S/C15H15N3O4S/c1-10-14(11(2)22-17-10)6-7-15(19)18-23(20,21)13-5-3-4-12(8-13)9-16/h3-5,8H,6-7H2,1-2H3,(H,18,19). The van der Waals surface area contributed by atoms with Gasteiger partial charge in [0, 0.05) is 12.0 Å². The second-order valence-corrected chi connectivity index (χ2v) is 6.65. The molecule has 8 heteroatoms. The molecule has 1 N–H and O–H groups in total. The van der Waals surface area contributed by atoms with Crippen LogP contribution in [0.2, 0.25) is 0 Å². The minimum Gasteiger partial charge on any atom is -0.361 e. The van der Waals surface area contributed by atoms with E-state index in [4.69, 9.17) is 9.78 Å². The van der Waals surface area contributed by atoms with Crippen LogP contribution in [0.5, 0.6) is 0 Å². The van der Waals surface area contributed by atoms with Crippen molar-refractivity contribution < 1.29 is 17.7 Å². The third-order valence-electron chi connectivity index (χ3n) is 3.30. The molecule has 0 saturated carbocycles. The van der Waals surface area contributed by atoms with Gasteiger partial charge in [0.25, 0.3) is 10.0 Å². The third kappa shape index (κ3) is 3.96. The van der Waals surface area contributed by atoms with E-state index in [1.807, 2.05) is 10.8 Å². The predicted molar refractivity (Wildman–Crippen MR) is 80.8 cm³/mol. The van der Waals surface area contributed by atoms with Crippen molar-refractivity contribution in [3.63, 3.8) is 0 Å². The highest BCUT2D eigenvalue weighted by molar-refractivity contribution is 7.90. The molecule has 1 heterocycles. The van der Waals surface area contributed by atoms with Crippen molar-refractivity contribution >= 4 is 15.9 Å². The maximum atomic E-state index is 12.1. The number of carbonyl (C=O) groups excluding carboxylic acids is 1. The Morgan fingerprint density at radius 1 is 1.39 bits per heavy atom. The average Bonchev–Trinajstić information content (AvgIpc) is 2.83. The number of carbonyl (C=O) groups is 1. The molecule has 0 saturated heterocycles. The number of nitriles is 1. The molecule has 2 rings (SSSR count). The number of hydrogen-bond donors (Lipinski definition) is 1. The topological polar surface area (TPSA) is 113 Å². The maximum Gasteiger partial charge on any atom is 0.264 e. The zero-order chi connectivity index (χ0) is 17.0. The zero-order valence-corrected chi connectivity index (χ0v) is 13.5. The summed E-state index contributed by atoms with van der Waals surface area (Å²) in [6.45, 7) is 3.49. The van der Waals surface area contributed by atoms with E-state index in [9.17, 15) is 13.2 Å². The first kappa shape index (κ1) is 16.7. The summed E-state index contributed by atoms with van der Waals surface area (Å²) in [5.74, 6) is -0.0211. The fourth-order valence-corrected chi connectivity index (χ4v) is 3.15. The van der Waals surface area contributed by atoms with Crippen LogP contribution in [0.4, 0.5) is 0 Å². The molecule has 1 aromatic carbocycles. The highest BCUT2D eigenvalue weighted by atomic mass is 32.2. The fourth-order valence-electron chi connectivity index (χ4n) is 2.09. The number of rotatable bonds is 5. The van der Waals surface area contributed by atoms with Crippen LogP contribution in [0.1, 0.15) is 29.0 Å². The van der Waals surface area contributed by atoms with Crippen molar-refractivity contribution in [3.05, 3.63) is 46.8 Å². The summed E-state index contributed by atoms with van der Waals surface area (Å²) in [7, 11) is -3.99. The molecule has 2 aromatic rings. The number of benzene rings is 1. The molecule has 0 radical (unpaired) electrons. The molecule has 0 fully saturated rings. The molecule has 0 aliphatic carbocycles. The zero-order valence-electron chi connectivity index (χ0n) is 12.7. The summed E-state index contributed by atoms with van der Waals surface area (Å²) in [6, 6.07) is 7.32. The Balaban J connectivity index is 2.05. The number of sulfonamides is 1. The van der Waals surface area contributed by atoms with Crippen LogP contribution in [0.3, 0.4) is 0 Å². The van der Waals surface area contributed by atoms with Crippen LogP contribution < -0.4 is 4.72 Å². The summed E-state index contributed by atoms with van der Waals surface area (Å²) >= 11 is 0. The summed E-state index contributed by atoms with van der Waals surface area (Å²) in [4.78, 5) is 11.8. The van der Waals surface area contributed by atoms with E-state index in [1.54, 1.807) is 13.8 Å². The maximum absolute atomic E-state index is 12.1. The molecule has 120 valence electrons. The molecule has 0 unspecified atom stereocenters. The van der Waals surface area contributed by atoms with Gasteiger partial charge in [0.15, 0.2) is 0 Å². The monoisotopic (exact) mass is 333 g/mol. The second-order valence-electron chi connectivity index (χ2n) is 4.97. The molecule has 7 nitrogen and oxygen atoms in total. The van der Waals surface area contributed by atoms with Crippen molar-refractivity contribution in [2.75, 3.05) is 0 Å². The quantitative estimate of drug-likeness (QED) is 0.889. The highest BCUT2D eigenvalue weighted by Crippen LogP contribution is 2.15. The second kappa shape index (κ2) is 6.62. The summed E-state index contributed by atoms with van der Waals surface area (Å²) in [5.41, 5.74) is 1.68. The van der Waals surface area contributed by atoms with Crippen LogP contribution in [0.15, 0.2) is 33.7 Å². The van der Waals surface area contributed by atoms with Gasteiger partial charge in [-0.15, -0.1) is 0 Å². The largest absolute Gasteiger partial charge is 0.361 e. The van der Waals surface area contributed by atoms with Gasteiger partial charge in [-0.05, 0) is 38.5 Å². The Labute approximate surface area is 134 Å². The lowest BCUT2D eigenvalue weighted by atomic mass is 10.1. The van der Waals surface area contributed by atoms with Gasteiger partial charge in [-0.25, -0.2) is 13.1 Å². The molecule has 0 spiro atoms. The highest BCUT2D eigenvalue weighted by Gasteiger charge is 2.19. The Bertz CT molecular complexity index is 859. The van der Waals surface area contributed by atoms with Gasteiger partial charge in [-0.3, -0.25) is 4.79 Å². The van der Waals surface area contributed by atoms with E-state index in [2.05, 4.69) is 5.16 Å². The van der Waals surface area contributed by atoms with Crippen LogP contribution in [-0.4, -0.2) is 19.5 Å². The van der Waals surface area contributed by atoms with Crippen molar-refractivity contribution in [1.82, 2.24) is 9.88 Å². The summed E-state index contributed by atoms with van der Waals surface area (Å²) in [5, 5.41) is 12.6. The molecular formula is C15H15N3O4S. The van der Waals surface area contributed by atoms with Crippen LogP contribution in [0, 0.1) is 25.2 Å². The van der Waals surface area contributed by atoms with E-state index < -0.39 is 15.9 Å². The normalized spacial score (nSPS) is 11.0. The van der Waals surface area contributed by atoms with Gasteiger partial charge >= 0.3 is 0 Å². The predicted octanol–water partition coefficient (Wildman–Crippen LogP) is 1.60. The molecule has 0 atom stereocenters. The van der Waals surface area contributed by atoms with Crippen LogP contribution >= 0.6 is 0 Å². The molecule has 1 aromatic heterocycles. The molecule has 0 aliphatic rings. The SMILES string of the molecule is Cc1noc(C)c1CCC(=O)NS(=O)(=O)c1cccc(C#N)c1. The van der Waals surface area contributed by atoms with Crippen LogP contribution in [-0.2, 0) is 21.2 Å². The minimum absolute atomic E-state index is 0.0138. The smallest absolute Gasteiger partial charge is 0.264 e. The lowest BCUT2D eigenvalue weighted by Crippen LogP contribution is -2.30. The van der Waals surface area contributed by atoms with E-state index in [-0.39, 0.29) is 16.9 Å². The minimum atomic E-state index is -3.99. The van der Waals surface area contributed by atoms with Gasteiger partial charge in [0.1, 0.15) is 5.76 Å². The van der Waals surface area contributed by atoms with Crippen molar-refractivity contribution in [2.24, 2.45) is 0 Å². The number of aryl methyl sites for hydroxylation is 2. The van der Waals surface area contributed by atoms with Gasteiger partial charge < -0.3 is 4.52 Å². The Morgan fingerprint density at radius 2 is 2.13 bits per heavy atom. The molecular weight excluding hydrogens is 318 g/mol. The Hall–Kier alpha value is -2.66. The Morgan fingerprint density at radius 3 is 2.74 bits per heavy atom. The summed E-state index contributed by atoms with van der Waals surface area (Å²) in [6.07, 6.45) is 0.320. The van der Waals surface area contributed by atoms with E-state index in [1.165, 1.54) is 24.3 Å². The van der Waals surface area contributed by atoms with Crippen LogP contribution in [0.25, 0.3) is 0 Å². The van der Waals surface area contributed by atoms with E-state index >= 15 is 0 Å². The lowest BCUT2D eigenvalue weighted by molar-refractivity contribution is -0.119. The number of nitrogens with zero attached hydrogens (tertiary/aromatic N) is 2. The first-order chi connectivity index (χ1) is 10.8. The van der Waals surface area contributed by atoms with Crippen molar-refractivity contribution in [1.29, 1.82) is 5.26 Å². The van der Waals surface area contributed by atoms with Crippen molar-refractivity contribution in [3.8, 4) is 6.07 Å². The van der Waals surface area contributed by atoms with Gasteiger partial charge in [-0.2, -0.15) is 5.26 Å². The number of amides is 1. The summed E-state index contributed by atoms with van der Waals surface area (Å²) < 4.78 is 31.3. The molecule has 1 amide bonds. The molecule has 0 bridgehead atoms. The first-order valence-corrected chi connectivity index (χ1v) is 8.29. The molecule has 23 heavy (non-hydrogen) atoms. The average molecular weight is 333 g/mol. The van der Waals surface area contributed by atoms with E-state index in [0.29, 0.717) is 17.9 Å². The Kier molecular flexibility index (Phi) is 4.81. The molecule has 0 aliphatic heterocycles. The third-order valence-corrected chi connectivity index (χ3v) is 4.68. The number of hydrogen-bond acceptors (Lipinski definition) is 6. The fraction of sp³-hybridized carbons (Fsp3) is 0.267. The lowest BCUT2D eigenvalue weighted by Gasteiger charge is -2.07. The number of aromatic nitrogens is 1. The first-order valence-electron chi connectivity index (χ1n) is 6.81. The van der Waals surface area contributed by atoms with E-state index in [0.717, 1.165) is 5.56 Å².